The van der Waals surface area contributed by atoms with E-state index in [9.17, 15) is 53.1 Å². The molecule has 2 aliphatic heterocycles. The van der Waals surface area contributed by atoms with Crippen LogP contribution in [-0.2, 0) is 100 Å². The normalized spacial score (nSPS) is 34.0. The quantitative estimate of drug-likeness (QED) is 0.0346. The summed E-state index contributed by atoms with van der Waals surface area (Å²) in [5.74, 6) is 6.77. The lowest BCUT2D eigenvalue weighted by atomic mass is 9.47. The van der Waals surface area contributed by atoms with Gasteiger partial charge in [0.25, 0.3) is 0 Å². The van der Waals surface area contributed by atoms with Gasteiger partial charge < -0.3 is 57.2 Å². The minimum absolute atomic E-state index is 0. The molecule has 1 N–H and O–H groups in total. The molecule has 2 heterocycles. The average molecular weight is 1960 g/mol. The van der Waals surface area contributed by atoms with Crippen LogP contribution >= 0.6 is 0 Å². The lowest BCUT2D eigenvalue weighted by molar-refractivity contribution is -0.231. The van der Waals surface area contributed by atoms with Gasteiger partial charge in [0.2, 0.25) is 6.10 Å². The number of hydrogen-bond donors (Lipinski definition) is 1. The summed E-state index contributed by atoms with van der Waals surface area (Å²) in [6.45, 7) is 42.5. The van der Waals surface area contributed by atoms with Gasteiger partial charge in [-0.15, -0.1) is 0 Å². The molecule has 0 radical (unpaired) electrons. The van der Waals surface area contributed by atoms with E-state index in [4.69, 9.17) is 52.1 Å². The fourth-order valence-electron chi connectivity index (χ4n) is 27.1. The lowest BCUT2D eigenvalue weighted by Crippen LogP contribution is -2.63. The van der Waals surface area contributed by atoms with Crippen LogP contribution in [0.4, 0.5) is 0 Å². The maximum Gasteiger partial charge on any atom is 0.347 e. The van der Waals surface area contributed by atoms with Crippen molar-refractivity contribution in [1.29, 1.82) is 0 Å². The minimum Gasteiger partial charge on any atom is -0.463 e. The molecule has 22 nitrogen and oxygen atoms in total. The molecule has 810 valence electrons. The number of rotatable bonds is 27. The van der Waals surface area contributed by atoms with E-state index in [1.54, 1.807) is 27.7 Å². The molecule has 0 spiro atoms. The molecule has 10 unspecified atom stereocenters. The first kappa shape index (κ1) is 133. The molecular formula is C116H214O22. The largest absolute Gasteiger partial charge is 0.463 e. The van der Waals surface area contributed by atoms with Gasteiger partial charge in [0.05, 0.1) is 62.6 Å². The van der Waals surface area contributed by atoms with E-state index in [-0.39, 0.29) is 213 Å². The van der Waals surface area contributed by atoms with E-state index in [0.29, 0.717) is 85.0 Å². The van der Waals surface area contributed by atoms with Crippen LogP contribution in [0.1, 0.15) is 472 Å². The predicted octanol–water partition coefficient (Wildman–Crippen LogP) is 28.2. The summed E-state index contributed by atoms with van der Waals surface area (Å²) in [5, 5.41) is 10.6. The SMILES string of the molecule is C.C.C.C.C.C.C.C.C.C.C.C.CCC(C)(C)C(=O)OC1(C(C)C)C2CC3CC(C2)CC1C3.CCC(C)(C)C(=O)OC12CC3CC(CC(O)(C3)C1)C2.CCC(C)(C)C(=O)OC1C2CC3CC1CC(C(=O)OCOCC14CC5CC(CC(C5)C1)C4)(C3)C2.CCC(C)(C)C(=O)OC1CCOC1=O.CCC(C)(C)C(=O)OCC(=O)OC1C2CC3C(=O)OC1C3C2.CCC1(OC(=O)C(C)(C)CC)CCCCC1. The molecule has 21 aliphatic rings. The van der Waals surface area contributed by atoms with Crippen molar-refractivity contribution in [1.82, 2.24) is 0 Å². The number of cyclic esters (lactones) is 1. The summed E-state index contributed by atoms with van der Waals surface area (Å²) < 4.78 is 61.7. The van der Waals surface area contributed by atoms with Gasteiger partial charge in [0.15, 0.2) is 13.4 Å². The highest BCUT2D eigenvalue weighted by Gasteiger charge is 2.66. The second-order valence-electron chi connectivity index (χ2n) is 48.1. The molecule has 10 atom stereocenters. The zero-order valence-corrected chi connectivity index (χ0v) is 81.6. The topological polar surface area (TPSA) is 292 Å². The fourth-order valence-corrected chi connectivity index (χ4v) is 27.1. The van der Waals surface area contributed by atoms with Gasteiger partial charge in [-0.05, 0) is 384 Å². The summed E-state index contributed by atoms with van der Waals surface area (Å²) in [4.78, 5) is 121. The van der Waals surface area contributed by atoms with Crippen molar-refractivity contribution in [2.24, 2.45) is 138 Å². The molecule has 22 heteroatoms. The predicted molar refractivity (Wildman–Crippen MR) is 556 cm³/mol. The third kappa shape index (κ3) is 28.9. The molecule has 21 rings (SSSR count). The first-order chi connectivity index (χ1) is 59.0. The Morgan fingerprint density at radius 3 is 1.29 bits per heavy atom. The first-order valence-corrected chi connectivity index (χ1v) is 50.3. The van der Waals surface area contributed by atoms with E-state index in [0.717, 1.165) is 152 Å². The van der Waals surface area contributed by atoms with Gasteiger partial charge in [-0.25, -0.2) is 9.59 Å². The Bertz CT molecular complexity index is 3780. The maximum atomic E-state index is 13.3. The summed E-state index contributed by atoms with van der Waals surface area (Å²) in [6.07, 6.45) is 37.3. The minimum atomic E-state index is -0.687. The Morgan fingerprint density at radius 2 is 0.848 bits per heavy atom. The molecule has 0 aromatic carbocycles. The second-order valence-corrected chi connectivity index (χ2v) is 48.1. The van der Waals surface area contributed by atoms with Crippen molar-refractivity contribution in [3.8, 4) is 0 Å². The van der Waals surface area contributed by atoms with Gasteiger partial charge in [-0.3, -0.25) is 38.4 Å². The second kappa shape index (κ2) is 51.6. The summed E-state index contributed by atoms with van der Waals surface area (Å²) in [6, 6.07) is 0. The number of esters is 10. The number of carbonyl (C=O) groups is 10. The van der Waals surface area contributed by atoms with Gasteiger partial charge in [-0.1, -0.05) is 158 Å². The fraction of sp³-hybridized carbons (Fsp3) is 0.914. The van der Waals surface area contributed by atoms with Crippen LogP contribution in [0.25, 0.3) is 0 Å². The standard InChI is InChI=1S/C29H44O5.C19H32O2.C16H22O6.C16H26O3.C14H26O2.C10H16O4.12CH4/c1-4-27(2,3)25(30)34-24-22-8-21-9-23(24)15-29(13-21,14-22)26(31)33-17-32-16-28-10-18-5-19(11-28)7-20(6-18)12-28;1-6-18(4,5)17(20)21-19(12(2)3)15-8-13-7-14(10-15)11-16(19)9-13;1-4-16(2,3)15(19)20-7-11(17)21-12-8-5-9-10(6-8)14(18)22-13(9)12;1-4-14(2,3)13(17)19-16-8-11-5-12(9-16)7-15(18,6-11)10-16;1-5-13(3,4)12(15)16-14(6-2)10-8-7-9-11-14;1-4-10(2,3)9(12)14-7-5-6-13-8(7)11;;;;;;;;;;;;/h18-24H,4-17H2,1-3H3;12-16H,6-11H2,1-5H3;8-10,12-13H,4-7H2,1-3H3;11-12,18H,4-10H2,1-3H3;5-11H2,1-4H3;7H,4-6H2,1-3H3;12*1H4. The van der Waals surface area contributed by atoms with E-state index >= 15 is 0 Å². The summed E-state index contributed by atoms with van der Waals surface area (Å²) in [5.41, 5.74) is -3.94. The molecule has 18 bridgehead atoms. The van der Waals surface area contributed by atoms with Gasteiger partial charge >= 0.3 is 59.7 Å². The van der Waals surface area contributed by atoms with E-state index < -0.39 is 51.3 Å². The van der Waals surface area contributed by atoms with Crippen molar-refractivity contribution in [2.75, 3.05) is 26.6 Å². The Hall–Kier alpha value is -5.38. The molecule has 0 aromatic heterocycles. The maximum absolute atomic E-state index is 13.3. The number of aliphatic hydroxyl groups is 1. The van der Waals surface area contributed by atoms with E-state index in [1.807, 2.05) is 90.0 Å². The van der Waals surface area contributed by atoms with Crippen LogP contribution in [0, 0.1) is 138 Å². The van der Waals surface area contributed by atoms with Gasteiger partial charge in [0.1, 0.15) is 35.1 Å². The highest BCUT2D eigenvalue weighted by atomic mass is 16.7. The van der Waals surface area contributed by atoms with Crippen molar-refractivity contribution in [2.45, 2.75) is 519 Å². The number of ether oxygens (including phenoxy) is 11. The molecule has 138 heavy (non-hydrogen) atoms. The Labute approximate surface area is 843 Å². The zero-order valence-electron chi connectivity index (χ0n) is 81.6. The smallest absolute Gasteiger partial charge is 0.347 e. The molecule has 21 fully saturated rings. The molecule has 0 amide bonds. The molecular weight excluding hydrogens is 1750 g/mol. The first-order valence-electron chi connectivity index (χ1n) is 50.3. The van der Waals surface area contributed by atoms with Crippen molar-refractivity contribution < 1.29 is 105 Å². The van der Waals surface area contributed by atoms with Crippen molar-refractivity contribution >= 4 is 59.7 Å². The summed E-state index contributed by atoms with van der Waals surface area (Å²) in [7, 11) is 0. The number of carbonyl (C=O) groups excluding carboxylic acids is 10. The van der Waals surface area contributed by atoms with Crippen LogP contribution in [-0.4, -0.2) is 138 Å². The zero-order chi connectivity index (χ0) is 92.1. The Kier molecular flexibility index (Phi) is 49.6. The Morgan fingerprint density at radius 1 is 0.420 bits per heavy atom. The van der Waals surface area contributed by atoms with Crippen molar-refractivity contribution in [3.05, 3.63) is 0 Å². The average Bonchev–Trinajstić information content (AvgIpc) is 1.64. The summed E-state index contributed by atoms with van der Waals surface area (Å²) >= 11 is 0. The number of fused-ring (bicyclic) bond motifs is 1. The van der Waals surface area contributed by atoms with E-state index in [1.165, 1.54) is 96.3 Å². The van der Waals surface area contributed by atoms with Gasteiger partial charge in [0, 0.05) is 24.7 Å². The van der Waals surface area contributed by atoms with Crippen LogP contribution in [0.5, 0.6) is 0 Å². The van der Waals surface area contributed by atoms with E-state index in [2.05, 4.69) is 27.7 Å². The monoisotopic (exact) mass is 1960 g/mol. The van der Waals surface area contributed by atoms with Crippen LogP contribution in [0.15, 0.2) is 0 Å². The molecule has 0 aromatic rings. The van der Waals surface area contributed by atoms with Crippen LogP contribution < -0.4 is 0 Å². The lowest BCUT2D eigenvalue weighted by Gasteiger charge is -2.62. The molecule has 19 aliphatic carbocycles. The molecule has 19 saturated carbocycles. The van der Waals surface area contributed by atoms with Crippen molar-refractivity contribution in [3.63, 3.8) is 0 Å². The third-order valence-corrected chi connectivity index (χ3v) is 36.1. The third-order valence-electron chi connectivity index (χ3n) is 36.1. The number of hydrogen-bond acceptors (Lipinski definition) is 22. The van der Waals surface area contributed by atoms with Crippen LogP contribution in [0.3, 0.4) is 0 Å². The highest BCUT2D eigenvalue weighted by molar-refractivity contribution is 5.84. The van der Waals surface area contributed by atoms with Gasteiger partial charge in [-0.2, -0.15) is 0 Å². The van der Waals surface area contributed by atoms with Crippen LogP contribution in [0.2, 0.25) is 0 Å². The highest BCUT2D eigenvalue weighted by Crippen LogP contribution is 2.66. The Balaban J connectivity index is 0.00000164. The molecule has 2 saturated heterocycles.